The summed E-state index contributed by atoms with van der Waals surface area (Å²) in [7, 11) is 0. The number of amides is 2. The zero-order valence-corrected chi connectivity index (χ0v) is 16.9. The van der Waals surface area contributed by atoms with Crippen molar-refractivity contribution in [2.24, 2.45) is 0 Å². The van der Waals surface area contributed by atoms with Gasteiger partial charge in [0, 0.05) is 24.3 Å². The Kier molecular flexibility index (Phi) is 8.03. The van der Waals surface area contributed by atoms with Gasteiger partial charge in [0.25, 0.3) is 5.91 Å². The highest BCUT2D eigenvalue weighted by atomic mass is 16.2. The number of carbonyl (C=O) groups is 2. The van der Waals surface area contributed by atoms with E-state index in [1.807, 2.05) is 78.9 Å². The Morgan fingerprint density at radius 1 is 0.733 bits per heavy atom. The van der Waals surface area contributed by atoms with Gasteiger partial charge >= 0.3 is 0 Å². The van der Waals surface area contributed by atoms with Crippen LogP contribution < -0.4 is 16.0 Å². The first-order valence-corrected chi connectivity index (χ1v) is 10.2. The van der Waals surface area contributed by atoms with Crippen molar-refractivity contribution < 1.29 is 9.59 Å². The van der Waals surface area contributed by atoms with Crippen molar-refractivity contribution in [2.45, 2.75) is 18.9 Å². The number of para-hydroxylation sites is 1. The lowest BCUT2D eigenvalue weighted by Gasteiger charge is -2.19. The molecular formula is C25H27N3O2. The molecule has 0 spiro atoms. The second-order valence-corrected chi connectivity index (χ2v) is 7.00. The number of hydrogen-bond acceptors (Lipinski definition) is 3. The van der Waals surface area contributed by atoms with E-state index in [1.165, 1.54) is 0 Å². The first kappa shape index (κ1) is 21.1. The van der Waals surface area contributed by atoms with Crippen LogP contribution in [-0.4, -0.2) is 24.9 Å². The molecule has 1 atom stereocenters. The van der Waals surface area contributed by atoms with E-state index in [0.717, 1.165) is 24.2 Å². The summed E-state index contributed by atoms with van der Waals surface area (Å²) in [4.78, 5) is 25.1. The summed E-state index contributed by atoms with van der Waals surface area (Å²) in [6, 6.07) is 28.2. The minimum Gasteiger partial charge on any atom is -0.385 e. The second-order valence-electron chi connectivity index (χ2n) is 7.00. The summed E-state index contributed by atoms with van der Waals surface area (Å²) in [6.07, 6.45) is 1.00. The minimum absolute atomic E-state index is 0.0862. The molecule has 3 aromatic rings. The van der Waals surface area contributed by atoms with Crippen LogP contribution >= 0.6 is 0 Å². The van der Waals surface area contributed by atoms with E-state index < -0.39 is 0 Å². The van der Waals surface area contributed by atoms with E-state index in [0.29, 0.717) is 12.1 Å². The fourth-order valence-corrected chi connectivity index (χ4v) is 3.13. The molecule has 5 nitrogen and oxygen atoms in total. The van der Waals surface area contributed by atoms with Gasteiger partial charge in [-0.2, -0.15) is 0 Å². The standard InChI is InChI=1S/C25H27N3O2/c29-24(27-18-10-17-26-22-15-8-3-9-16-22)19-23(20-11-4-1-5-12-20)28-25(30)21-13-6-2-7-14-21/h1-9,11-16,23,26H,10,17-19H2,(H,27,29)(H,28,30). The summed E-state index contributed by atoms with van der Waals surface area (Å²) in [6.45, 7) is 1.35. The third-order valence-corrected chi connectivity index (χ3v) is 4.71. The molecule has 0 fully saturated rings. The molecule has 0 saturated carbocycles. The quantitative estimate of drug-likeness (QED) is 0.447. The molecule has 0 aromatic heterocycles. The summed E-state index contributed by atoms with van der Waals surface area (Å²) < 4.78 is 0. The lowest BCUT2D eigenvalue weighted by Crippen LogP contribution is -2.34. The van der Waals surface area contributed by atoms with Crippen LogP contribution in [0.3, 0.4) is 0 Å². The predicted octanol–water partition coefficient (Wildman–Crippen LogP) is 4.17. The Morgan fingerprint density at radius 3 is 2.00 bits per heavy atom. The molecule has 3 N–H and O–H groups in total. The smallest absolute Gasteiger partial charge is 0.251 e. The lowest BCUT2D eigenvalue weighted by molar-refractivity contribution is -0.121. The van der Waals surface area contributed by atoms with Gasteiger partial charge in [0.1, 0.15) is 0 Å². The molecule has 3 rings (SSSR count). The molecular weight excluding hydrogens is 374 g/mol. The Labute approximate surface area is 177 Å². The van der Waals surface area contributed by atoms with Crippen molar-refractivity contribution in [3.63, 3.8) is 0 Å². The highest BCUT2D eigenvalue weighted by Gasteiger charge is 2.19. The van der Waals surface area contributed by atoms with Gasteiger partial charge in [-0.3, -0.25) is 9.59 Å². The van der Waals surface area contributed by atoms with Crippen molar-refractivity contribution in [2.75, 3.05) is 18.4 Å². The lowest BCUT2D eigenvalue weighted by atomic mass is 10.0. The monoisotopic (exact) mass is 401 g/mol. The molecule has 5 heteroatoms. The van der Waals surface area contributed by atoms with Gasteiger partial charge in [-0.25, -0.2) is 0 Å². The number of carbonyl (C=O) groups excluding carboxylic acids is 2. The van der Waals surface area contributed by atoms with E-state index in [9.17, 15) is 9.59 Å². The number of nitrogens with one attached hydrogen (secondary N) is 3. The van der Waals surface area contributed by atoms with Crippen molar-refractivity contribution in [1.29, 1.82) is 0 Å². The van der Waals surface area contributed by atoms with Crippen LogP contribution in [0.2, 0.25) is 0 Å². The SMILES string of the molecule is O=C(CC(NC(=O)c1ccccc1)c1ccccc1)NCCCNc1ccccc1. The zero-order valence-electron chi connectivity index (χ0n) is 16.9. The van der Waals surface area contributed by atoms with E-state index in [2.05, 4.69) is 16.0 Å². The third-order valence-electron chi connectivity index (χ3n) is 4.71. The van der Waals surface area contributed by atoms with Crippen LogP contribution in [0.25, 0.3) is 0 Å². The number of benzene rings is 3. The second kappa shape index (κ2) is 11.4. The van der Waals surface area contributed by atoms with E-state index in [4.69, 9.17) is 0 Å². The van der Waals surface area contributed by atoms with Crippen molar-refractivity contribution in [3.8, 4) is 0 Å². The molecule has 0 aliphatic rings. The fraction of sp³-hybridized carbons (Fsp3) is 0.200. The van der Waals surface area contributed by atoms with Gasteiger partial charge in [0.2, 0.25) is 5.91 Å². The van der Waals surface area contributed by atoms with Crippen LogP contribution in [0.5, 0.6) is 0 Å². The first-order chi connectivity index (χ1) is 14.7. The maximum absolute atomic E-state index is 12.6. The molecule has 3 aromatic carbocycles. The highest BCUT2D eigenvalue weighted by Crippen LogP contribution is 2.17. The van der Waals surface area contributed by atoms with Gasteiger partial charge in [-0.15, -0.1) is 0 Å². The molecule has 154 valence electrons. The van der Waals surface area contributed by atoms with E-state index >= 15 is 0 Å². The summed E-state index contributed by atoms with van der Waals surface area (Å²) in [5, 5.41) is 9.26. The largest absolute Gasteiger partial charge is 0.385 e. The van der Waals surface area contributed by atoms with Crippen LogP contribution in [0.4, 0.5) is 5.69 Å². The molecule has 0 radical (unpaired) electrons. The fourth-order valence-electron chi connectivity index (χ4n) is 3.13. The predicted molar refractivity (Wildman–Crippen MR) is 120 cm³/mol. The average molecular weight is 402 g/mol. The Hall–Kier alpha value is -3.60. The molecule has 0 aliphatic heterocycles. The number of hydrogen-bond donors (Lipinski definition) is 3. The average Bonchev–Trinajstić information content (AvgIpc) is 2.80. The molecule has 0 saturated heterocycles. The Bertz CT molecular complexity index is 915. The number of rotatable bonds is 10. The summed E-state index contributed by atoms with van der Waals surface area (Å²) >= 11 is 0. The highest BCUT2D eigenvalue weighted by molar-refractivity contribution is 5.94. The van der Waals surface area contributed by atoms with Crippen molar-refractivity contribution in [3.05, 3.63) is 102 Å². The summed E-state index contributed by atoms with van der Waals surface area (Å²) in [5.74, 6) is -0.277. The van der Waals surface area contributed by atoms with Gasteiger partial charge in [0.15, 0.2) is 0 Å². The van der Waals surface area contributed by atoms with Gasteiger partial charge in [0.05, 0.1) is 12.5 Å². The molecule has 1 unspecified atom stereocenters. The van der Waals surface area contributed by atoms with E-state index in [-0.39, 0.29) is 24.3 Å². The van der Waals surface area contributed by atoms with Crippen LogP contribution in [-0.2, 0) is 4.79 Å². The zero-order chi connectivity index (χ0) is 21.0. The Morgan fingerprint density at radius 2 is 1.33 bits per heavy atom. The van der Waals surface area contributed by atoms with Crippen LogP contribution in [0.15, 0.2) is 91.0 Å². The first-order valence-electron chi connectivity index (χ1n) is 10.2. The van der Waals surface area contributed by atoms with Gasteiger partial charge < -0.3 is 16.0 Å². The van der Waals surface area contributed by atoms with Crippen LogP contribution in [0, 0.1) is 0 Å². The number of anilines is 1. The topological polar surface area (TPSA) is 70.2 Å². The summed E-state index contributed by atoms with van der Waals surface area (Å²) in [5.41, 5.74) is 2.55. The van der Waals surface area contributed by atoms with Crippen molar-refractivity contribution in [1.82, 2.24) is 10.6 Å². The van der Waals surface area contributed by atoms with Crippen LogP contribution in [0.1, 0.15) is 34.8 Å². The van der Waals surface area contributed by atoms with Crippen molar-refractivity contribution >= 4 is 17.5 Å². The Balaban J connectivity index is 1.50. The molecule has 0 bridgehead atoms. The molecule has 30 heavy (non-hydrogen) atoms. The molecule has 0 heterocycles. The normalized spacial score (nSPS) is 11.3. The van der Waals surface area contributed by atoms with E-state index in [1.54, 1.807) is 12.1 Å². The van der Waals surface area contributed by atoms with Gasteiger partial charge in [-0.05, 0) is 36.2 Å². The maximum atomic E-state index is 12.6. The van der Waals surface area contributed by atoms with Gasteiger partial charge in [-0.1, -0.05) is 66.7 Å². The minimum atomic E-state index is -0.388. The molecule has 2 amide bonds. The third kappa shape index (κ3) is 6.78. The maximum Gasteiger partial charge on any atom is 0.251 e. The molecule has 0 aliphatic carbocycles.